The van der Waals surface area contributed by atoms with E-state index in [1.54, 1.807) is 24.3 Å². The molecule has 5 nitrogen and oxygen atoms in total. The molecular formula is C27H27F2NO4. The SMILES string of the molecule is O=C(O)CNCCCC(Oc1ccc(C(F)(F)c2cccc3c2CCO3)cc1)c1ccccc1. The van der Waals surface area contributed by atoms with E-state index in [9.17, 15) is 4.79 Å². The third kappa shape index (κ3) is 5.54. The largest absolute Gasteiger partial charge is 0.493 e. The second-order valence-electron chi connectivity index (χ2n) is 8.21. The molecule has 0 saturated carbocycles. The van der Waals surface area contributed by atoms with E-state index in [2.05, 4.69) is 5.32 Å². The summed E-state index contributed by atoms with van der Waals surface area (Å²) in [5.74, 6) is -3.03. The van der Waals surface area contributed by atoms with Crippen molar-refractivity contribution in [1.82, 2.24) is 5.32 Å². The van der Waals surface area contributed by atoms with Crippen LogP contribution >= 0.6 is 0 Å². The van der Waals surface area contributed by atoms with E-state index in [4.69, 9.17) is 14.6 Å². The van der Waals surface area contributed by atoms with Crippen LogP contribution in [-0.4, -0.2) is 30.8 Å². The van der Waals surface area contributed by atoms with E-state index in [1.165, 1.54) is 18.2 Å². The van der Waals surface area contributed by atoms with E-state index in [1.807, 2.05) is 30.3 Å². The van der Waals surface area contributed by atoms with E-state index in [-0.39, 0.29) is 23.8 Å². The third-order valence-electron chi connectivity index (χ3n) is 5.84. The molecule has 0 bridgehead atoms. The fraction of sp³-hybridized carbons (Fsp3) is 0.296. The van der Waals surface area contributed by atoms with Crippen molar-refractivity contribution < 1.29 is 28.2 Å². The fourth-order valence-corrected chi connectivity index (χ4v) is 4.15. The van der Waals surface area contributed by atoms with Gasteiger partial charge in [0.25, 0.3) is 5.92 Å². The summed E-state index contributed by atoms with van der Waals surface area (Å²) in [5.41, 5.74) is 1.41. The molecule has 0 saturated heterocycles. The third-order valence-corrected chi connectivity index (χ3v) is 5.84. The smallest absolute Gasteiger partial charge is 0.317 e. The molecule has 0 aliphatic carbocycles. The lowest BCUT2D eigenvalue weighted by Crippen LogP contribution is -2.24. The van der Waals surface area contributed by atoms with Gasteiger partial charge in [-0.2, -0.15) is 8.78 Å². The molecule has 0 spiro atoms. The molecule has 3 aromatic carbocycles. The summed E-state index contributed by atoms with van der Waals surface area (Å²) in [7, 11) is 0. The van der Waals surface area contributed by atoms with Crippen LogP contribution in [0.25, 0.3) is 0 Å². The molecule has 1 atom stereocenters. The predicted octanol–water partition coefficient (Wildman–Crippen LogP) is 5.34. The number of rotatable bonds is 11. The molecule has 0 aromatic heterocycles. The summed E-state index contributed by atoms with van der Waals surface area (Å²) in [4.78, 5) is 10.7. The Bertz CT molecular complexity index is 1100. The maximum Gasteiger partial charge on any atom is 0.317 e. The van der Waals surface area contributed by atoms with Gasteiger partial charge in [-0.05, 0) is 55.3 Å². The summed E-state index contributed by atoms with van der Waals surface area (Å²) < 4.78 is 42.3. The van der Waals surface area contributed by atoms with Crippen molar-refractivity contribution >= 4 is 5.97 Å². The van der Waals surface area contributed by atoms with Crippen LogP contribution in [0.4, 0.5) is 8.78 Å². The number of benzene rings is 3. The van der Waals surface area contributed by atoms with Crippen LogP contribution in [0.1, 0.15) is 41.2 Å². The molecule has 0 fully saturated rings. The van der Waals surface area contributed by atoms with Crippen LogP contribution in [0.2, 0.25) is 0 Å². The molecule has 4 rings (SSSR count). The number of aliphatic carboxylic acids is 1. The standard InChI is InChI=1S/C27H27F2NO4/c28-27(29,23-8-4-9-25-22(23)15-17-33-25)20-11-13-21(14-12-20)34-24(19-6-2-1-3-7-19)10-5-16-30-18-26(31)32/h1-4,6-9,11-14,24,30H,5,10,15-18H2,(H,31,32). The summed E-state index contributed by atoms with van der Waals surface area (Å²) in [6.45, 7) is 0.862. The van der Waals surface area contributed by atoms with Crippen molar-refractivity contribution in [3.63, 3.8) is 0 Å². The molecule has 1 heterocycles. The number of hydrogen-bond acceptors (Lipinski definition) is 4. The van der Waals surface area contributed by atoms with Gasteiger partial charge in [0.1, 0.15) is 17.6 Å². The Morgan fingerprint density at radius 2 is 1.82 bits per heavy atom. The number of carboxylic acids is 1. The first-order valence-electron chi connectivity index (χ1n) is 11.3. The Labute approximate surface area is 197 Å². The minimum atomic E-state index is -3.15. The van der Waals surface area contributed by atoms with Crippen molar-refractivity contribution in [1.29, 1.82) is 0 Å². The quantitative estimate of drug-likeness (QED) is 0.373. The first-order chi connectivity index (χ1) is 16.4. The minimum absolute atomic E-state index is 0.0211. The van der Waals surface area contributed by atoms with E-state index < -0.39 is 11.9 Å². The monoisotopic (exact) mass is 467 g/mol. The van der Waals surface area contributed by atoms with Gasteiger partial charge < -0.3 is 19.9 Å². The second kappa shape index (κ2) is 10.7. The summed E-state index contributed by atoms with van der Waals surface area (Å²) in [5, 5.41) is 11.6. The fourth-order valence-electron chi connectivity index (χ4n) is 4.15. The first kappa shape index (κ1) is 23.7. The summed E-state index contributed by atoms with van der Waals surface area (Å²) >= 11 is 0. The highest BCUT2D eigenvalue weighted by Crippen LogP contribution is 2.42. The van der Waals surface area contributed by atoms with Crippen molar-refractivity contribution in [3.05, 3.63) is 95.1 Å². The van der Waals surface area contributed by atoms with Crippen molar-refractivity contribution in [2.24, 2.45) is 0 Å². The summed E-state index contributed by atoms with van der Waals surface area (Å²) in [6, 6.07) is 20.4. The molecular weight excluding hydrogens is 440 g/mol. The zero-order chi connectivity index (χ0) is 24.0. The van der Waals surface area contributed by atoms with E-state index in [0.717, 1.165) is 5.56 Å². The van der Waals surface area contributed by atoms with Crippen LogP contribution in [0.5, 0.6) is 11.5 Å². The number of hydrogen-bond donors (Lipinski definition) is 2. The average molecular weight is 468 g/mol. The van der Waals surface area contributed by atoms with Crippen LogP contribution in [-0.2, 0) is 17.1 Å². The van der Waals surface area contributed by atoms with Gasteiger partial charge in [0.15, 0.2) is 0 Å². The number of fused-ring (bicyclic) bond motifs is 1. The van der Waals surface area contributed by atoms with Crippen LogP contribution < -0.4 is 14.8 Å². The second-order valence-corrected chi connectivity index (χ2v) is 8.21. The van der Waals surface area contributed by atoms with Gasteiger partial charge in [-0.25, -0.2) is 0 Å². The Kier molecular flexibility index (Phi) is 7.43. The highest BCUT2D eigenvalue weighted by molar-refractivity contribution is 5.68. The molecule has 1 aliphatic rings. The highest BCUT2D eigenvalue weighted by Gasteiger charge is 2.38. The van der Waals surface area contributed by atoms with Crippen molar-refractivity contribution in [2.75, 3.05) is 19.7 Å². The molecule has 1 unspecified atom stereocenters. The lowest BCUT2D eigenvalue weighted by Gasteiger charge is -2.22. The van der Waals surface area contributed by atoms with Gasteiger partial charge in [-0.3, -0.25) is 4.79 Å². The normalized spacial score (nSPS) is 13.7. The lowest BCUT2D eigenvalue weighted by atomic mass is 9.94. The van der Waals surface area contributed by atoms with Crippen LogP contribution in [0.15, 0.2) is 72.8 Å². The molecule has 2 N–H and O–H groups in total. The molecule has 7 heteroatoms. The predicted molar refractivity (Wildman–Crippen MR) is 125 cm³/mol. The summed E-state index contributed by atoms with van der Waals surface area (Å²) in [6.07, 6.45) is 1.53. The van der Waals surface area contributed by atoms with Gasteiger partial charge in [-0.1, -0.05) is 42.5 Å². The maximum absolute atomic E-state index is 15.4. The number of carboxylic acid groups (broad SMARTS) is 1. The Morgan fingerprint density at radius 1 is 1.06 bits per heavy atom. The van der Waals surface area contributed by atoms with Gasteiger partial charge in [0.05, 0.1) is 13.2 Å². The number of halogens is 2. The molecule has 178 valence electrons. The molecule has 0 radical (unpaired) electrons. The van der Waals surface area contributed by atoms with E-state index in [0.29, 0.717) is 49.5 Å². The molecule has 0 amide bonds. The number of nitrogens with one attached hydrogen (secondary N) is 1. The minimum Gasteiger partial charge on any atom is -0.493 e. The zero-order valence-corrected chi connectivity index (χ0v) is 18.7. The average Bonchev–Trinajstić information content (AvgIpc) is 3.33. The van der Waals surface area contributed by atoms with Crippen molar-refractivity contribution in [2.45, 2.75) is 31.3 Å². The molecule has 34 heavy (non-hydrogen) atoms. The number of ether oxygens (including phenoxy) is 2. The van der Waals surface area contributed by atoms with Gasteiger partial charge >= 0.3 is 5.97 Å². The zero-order valence-electron chi connectivity index (χ0n) is 18.7. The lowest BCUT2D eigenvalue weighted by molar-refractivity contribution is -0.135. The van der Waals surface area contributed by atoms with Gasteiger partial charge in [-0.15, -0.1) is 0 Å². The van der Waals surface area contributed by atoms with E-state index >= 15 is 8.78 Å². The highest BCUT2D eigenvalue weighted by atomic mass is 19.3. The topological polar surface area (TPSA) is 67.8 Å². The van der Waals surface area contributed by atoms with Crippen LogP contribution in [0, 0.1) is 0 Å². The van der Waals surface area contributed by atoms with Gasteiger partial charge in [0, 0.05) is 23.1 Å². The number of carbonyl (C=O) groups is 1. The number of alkyl halides is 2. The maximum atomic E-state index is 15.4. The molecule has 3 aromatic rings. The molecule has 1 aliphatic heterocycles. The Hall–Kier alpha value is -3.45. The van der Waals surface area contributed by atoms with Crippen LogP contribution in [0.3, 0.4) is 0 Å². The van der Waals surface area contributed by atoms with Crippen molar-refractivity contribution in [3.8, 4) is 11.5 Å². The Balaban J connectivity index is 1.47. The first-order valence-corrected chi connectivity index (χ1v) is 11.3. The van der Waals surface area contributed by atoms with Gasteiger partial charge in [0.2, 0.25) is 0 Å². The Morgan fingerprint density at radius 3 is 2.56 bits per heavy atom.